The molecule has 1 unspecified atom stereocenters. The van der Waals surface area contributed by atoms with Crippen molar-refractivity contribution >= 4 is 6.08 Å². The first-order chi connectivity index (χ1) is 10.1. The van der Waals surface area contributed by atoms with Crippen molar-refractivity contribution in [2.75, 3.05) is 0 Å². The van der Waals surface area contributed by atoms with Crippen molar-refractivity contribution in [3.05, 3.63) is 75.2 Å². The quantitative estimate of drug-likeness (QED) is 0.459. The molecule has 2 aliphatic rings. The van der Waals surface area contributed by atoms with Crippen molar-refractivity contribution in [3.8, 4) is 0 Å². The van der Waals surface area contributed by atoms with Gasteiger partial charge in [-0.3, -0.25) is 0 Å². The molecular formula is C20H24Ti. The Bertz CT molecular complexity index is 656. The van der Waals surface area contributed by atoms with E-state index in [1.54, 1.807) is 15.0 Å². The van der Waals surface area contributed by atoms with E-state index in [1.807, 2.05) is 0 Å². The Morgan fingerprint density at radius 3 is 2.81 bits per heavy atom. The molecule has 0 saturated carbocycles. The summed E-state index contributed by atoms with van der Waals surface area (Å²) in [6, 6.07) is 8.94. The van der Waals surface area contributed by atoms with Gasteiger partial charge < -0.3 is 0 Å². The molecule has 1 heteroatoms. The Labute approximate surface area is 132 Å². The van der Waals surface area contributed by atoms with Crippen LogP contribution in [0.5, 0.6) is 0 Å². The average Bonchev–Trinajstić information content (AvgIpc) is 3.12. The zero-order valence-corrected chi connectivity index (χ0v) is 14.8. The van der Waals surface area contributed by atoms with E-state index in [0.717, 1.165) is 6.42 Å². The first-order valence-corrected chi connectivity index (χ1v) is 12.7. The minimum absolute atomic E-state index is 0.678. The molecule has 0 fully saturated rings. The van der Waals surface area contributed by atoms with Gasteiger partial charge in [-0.1, -0.05) is 0 Å². The summed E-state index contributed by atoms with van der Waals surface area (Å²) in [4.78, 5) is 0. The third-order valence-corrected chi connectivity index (χ3v) is 11.4. The summed E-state index contributed by atoms with van der Waals surface area (Å²) < 4.78 is 2.47. The molecule has 0 aromatic heterocycles. The predicted octanol–water partition coefficient (Wildman–Crippen LogP) is 6.18. The molecule has 0 nitrogen and oxygen atoms in total. The third kappa shape index (κ3) is 2.68. The summed E-state index contributed by atoms with van der Waals surface area (Å²) in [5.74, 6) is 0. The Kier molecular flexibility index (Phi) is 4.20. The number of rotatable bonds is 4. The first kappa shape index (κ1) is 14.8. The fraction of sp³-hybridized carbons (Fsp3) is 0.300. The van der Waals surface area contributed by atoms with Crippen LogP contribution in [0.3, 0.4) is 0 Å². The maximum absolute atomic E-state index is 2.59. The van der Waals surface area contributed by atoms with Crippen LogP contribution in [0.15, 0.2) is 64.1 Å². The molecule has 0 N–H and O–H groups in total. The second-order valence-electron chi connectivity index (χ2n) is 6.57. The van der Waals surface area contributed by atoms with Crippen molar-refractivity contribution in [1.82, 2.24) is 0 Å². The molecule has 2 aliphatic carbocycles. The molecule has 108 valence electrons. The van der Waals surface area contributed by atoms with E-state index in [-0.39, 0.29) is 0 Å². The van der Waals surface area contributed by atoms with Crippen LogP contribution >= 0.6 is 0 Å². The zero-order valence-electron chi connectivity index (χ0n) is 13.3. The summed E-state index contributed by atoms with van der Waals surface area (Å²) in [7, 11) is 0. The van der Waals surface area contributed by atoms with Crippen LogP contribution in [0.2, 0.25) is 10.5 Å². The number of hydrogen-bond donors (Lipinski definition) is 0. The molecule has 1 aromatic rings. The summed E-state index contributed by atoms with van der Waals surface area (Å²) in [6.07, 6.45) is 16.3. The summed E-state index contributed by atoms with van der Waals surface area (Å²) in [6.45, 7) is 2.11. The second-order valence-corrected chi connectivity index (χ2v) is 13.9. The maximum atomic E-state index is 2.59. The molecule has 0 saturated heterocycles. The predicted molar refractivity (Wildman–Crippen MR) is 90.2 cm³/mol. The fourth-order valence-electron chi connectivity index (χ4n) is 3.73. The third-order valence-electron chi connectivity index (χ3n) is 4.96. The van der Waals surface area contributed by atoms with Gasteiger partial charge in [-0.15, -0.1) is 0 Å². The van der Waals surface area contributed by atoms with Crippen LogP contribution in [0.1, 0.15) is 35.1 Å². The molecule has 0 heterocycles. The van der Waals surface area contributed by atoms with Crippen LogP contribution in [0, 0.1) is 0 Å². The summed E-state index contributed by atoms with van der Waals surface area (Å²) >= 11 is -2.09. The van der Waals surface area contributed by atoms with Gasteiger partial charge in [0.15, 0.2) is 0 Å². The molecule has 1 aromatic carbocycles. The van der Waals surface area contributed by atoms with Gasteiger partial charge in [0.25, 0.3) is 0 Å². The van der Waals surface area contributed by atoms with E-state index in [1.165, 1.54) is 12.0 Å². The molecule has 0 bridgehead atoms. The van der Waals surface area contributed by atoms with Crippen molar-refractivity contribution in [1.29, 1.82) is 0 Å². The zero-order chi connectivity index (χ0) is 14.9. The SMILES string of the molecule is CC=CCC1=[C]([Ti]([CH3])([CH3])[CH]2C=Cc3ccccc32)CC=C1. The van der Waals surface area contributed by atoms with Crippen molar-refractivity contribution in [2.24, 2.45) is 0 Å². The van der Waals surface area contributed by atoms with Crippen molar-refractivity contribution in [2.45, 2.75) is 34.4 Å². The van der Waals surface area contributed by atoms with Gasteiger partial charge in [0.1, 0.15) is 0 Å². The van der Waals surface area contributed by atoms with E-state index < -0.39 is 16.6 Å². The molecule has 3 rings (SSSR count). The van der Waals surface area contributed by atoms with Gasteiger partial charge in [-0.2, -0.15) is 0 Å². The summed E-state index contributed by atoms with van der Waals surface area (Å²) in [5.41, 5.74) is 4.59. The van der Waals surface area contributed by atoms with Crippen LogP contribution in [-0.2, 0) is 16.6 Å². The first-order valence-electron chi connectivity index (χ1n) is 7.92. The number of hydrogen-bond acceptors (Lipinski definition) is 0. The van der Waals surface area contributed by atoms with Crippen LogP contribution in [0.25, 0.3) is 6.08 Å². The second kappa shape index (κ2) is 5.95. The summed E-state index contributed by atoms with van der Waals surface area (Å²) in [5, 5.41) is 5.18. The van der Waals surface area contributed by atoms with Gasteiger partial charge in [0.05, 0.1) is 0 Å². The molecule has 0 amide bonds. The fourth-order valence-corrected chi connectivity index (χ4v) is 9.43. The standard InChI is InChI=1S/C9H7.C9H11.2CH3.Ti/c1-2-5-9-7-3-6-8(9)4-1;1-2-3-6-9-7-4-5-8-9;;;/h1-7H;2-4,7H,5-6H2,1H3;2*1H3;. The van der Waals surface area contributed by atoms with Crippen LogP contribution in [-0.4, -0.2) is 0 Å². The van der Waals surface area contributed by atoms with Gasteiger partial charge in [-0.25, -0.2) is 0 Å². The van der Waals surface area contributed by atoms with E-state index in [9.17, 15) is 0 Å². The average molecular weight is 312 g/mol. The van der Waals surface area contributed by atoms with E-state index in [2.05, 4.69) is 78.1 Å². The van der Waals surface area contributed by atoms with Crippen LogP contribution < -0.4 is 0 Å². The van der Waals surface area contributed by atoms with Gasteiger partial charge in [-0.05, 0) is 0 Å². The molecule has 0 radical (unpaired) electrons. The van der Waals surface area contributed by atoms with E-state index in [0.29, 0.717) is 4.22 Å². The van der Waals surface area contributed by atoms with E-state index >= 15 is 0 Å². The normalized spacial score (nSPS) is 20.8. The number of fused-ring (bicyclic) bond motifs is 1. The molecule has 0 aliphatic heterocycles. The molecule has 21 heavy (non-hydrogen) atoms. The van der Waals surface area contributed by atoms with E-state index in [4.69, 9.17) is 0 Å². The Morgan fingerprint density at radius 1 is 1.19 bits per heavy atom. The number of allylic oxidation sites excluding steroid dienone is 7. The minimum atomic E-state index is -2.09. The Hall–Kier alpha value is -1.11. The monoisotopic (exact) mass is 312 g/mol. The van der Waals surface area contributed by atoms with Gasteiger partial charge in [0.2, 0.25) is 0 Å². The van der Waals surface area contributed by atoms with Gasteiger partial charge >= 0.3 is 132 Å². The van der Waals surface area contributed by atoms with Crippen molar-refractivity contribution < 1.29 is 16.6 Å². The number of benzene rings is 1. The Morgan fingerprint density at radius 2 is 2.00 bits per heavy atom. The Balaban J connectivity index is 1.96. The molecular weight excluding hydrogens is 288 g/mol. The van der Waals surface area contributed by atoms with Crippen molar-refractivity contribution in [3.63, 3.8) is 0 Å². The molecule has 1 atom stereocenters. The van der Waals surface area contributed by atoms with Gasteiger partial charge in [0, 0.05) is 0 Å². The topological polar surface area (TPSA) is 0 Å². The molecule has 0 spiro atoms. The van der Waals surface area contributed by atoms with Crippen LogP contribution in [0.4, 0.5) is 0 Å².